The lowest BCUT2D eigenvalue weighted by Crippen LogP contribution is -2.42. The van der Waals surface area contributed by atoms with Gasteiger partial charge in [0, 0.05) is 26.2 Å². The molecule has 1 saturated carbocycles. The van der Waals surface area contributed by atoms with Crippen LogP contribution in [0.4, 0.5) is 0 Å². The number of hydrogen-bond acceptors (Lipinski definition) is 4. The van der Waals surface area contributed by atoms with E-state index < -0.39 is 5.97 Å². The Balaban J connectivity index is 2.31. The van der Waals surface area contributed by atoms with Gasteiger partial charge in [-0.25, -0.2) is 0 Å². The van der Waals surface area contributed by atoms with E-state index >= 15 is 0 Å². The quantitative estimate of drug-likeness (QED) is 0.638. The fourth-order valence-electron chi connectivity index (χ4n) is 2.29. The zero-order valence-electron chi connectivity index (χ0n) is 11.6. The summed E-state index contributed by atoms with van der Waals surface area (Å²) in [5, 5.41) is 11.7. The molecule has 0 aromatic carbocycles. The molecule has 0 atom stereocenters. The maximum absolute atomic E-state index is 11.9. The first-order valence-corrected chi connectivity index (χ1v) is 6.84. The number of rotatable bonds is 9. The molecule has 0 unspecified atom stereocenters. The second-order valence-electron chi connectivity index (χ2n) is 4.96. The number of amides is 1. The normalized spacial score (nSPS) is 15.9. The maximum atomic E-state index is 11.9. The Kier molecular flexibility index (Phi) is 7.43. The molecule has 6 nitrogen and oxygen atoms in total. The summed E-state index contributed by atoms with van der Waals surface area (Å²) in [6.45, 7) is 1.68. The Labute approximate surface area is 114 Å². The van der Waals surface area contributed by atoms with Crippen molar-refractivity contribution in [3.05, 3.63) is 0 Å². The van der Waals surface area contributed by atoms with E-state index in [4.69, 9.17) is 9.84 Å². The minimum absolute atomic E-state index is 0.0200. The monoisotopic (exact) mass is 272 g/mol. The molecule has 1 rings (SSSR count). The van der Waals surface area contributed by atoms with Gasteiger partial charge in [-0.1, -0.05) is 12.8 Å². The fraction of sp³-hybridized carbons (Fsp3) is 0.846. The molecule has 0 spiro atoms. The Hall–Kier alpha value is -1.14. The van der Waals surface area contributed by atoms with Crippen LogP contribution in [0.5, 0.6) is 0 Å². The molecular weight excluding hydrogens is 248 g/mol. The summed E-state index contributed by atoms with van der Waals surface area (Å²) in [5.74, 6) is -0.869. The third kappa shape index (κ3) is 7.12. The van der Waals surface area contributed by atoms with Crippen molar-refractivity contribution in [2.75, 3.05) is 33.4 Å². The predicted molar refractivity (Wildman–Crippen MR) is 71.0 cm³/mol. The minimum atomic E-state index is -0.849. The molecule has 0 bridgehead atoms. The van der Waals surface area contributed by atoms with Gasteiger partial charge in [-0.2, -0.15) is 0 Å². The number of hydrogen-bond donors (Lipinski definition) is 2. The second kappa shape index (κ2) is 8.87. The molecule has 110 valence electrons. The molecular formula is C13H24N2O4. The van der Waals surface area contributed by atoms with Crippen LogP contribution >= 0.6 is 0 Å². The molecule has 0 saturated heterocycles. The largest absolute Gasteiger partial charge is 0.481 e. The van der Waals surface area contributed by atoms with Crippen LogP contribution in [-0.4, -0.2) is 61.3 Å². The molecule has 6 heteroatoms. The third-order valence-corrected chi connectivity index (χ3v) is 3.34. The van der Waals surface area contributed by atoms with Gasteiger partial charge in [0.2, 0.25) is 5.91 Å². The number of aliphatic carboxylic acids is 1. The van der Waals surface area contributed by atoms with Crippen molar-refractivity contribution in [3.63, 3.8) is 0 Å². The van der Waals surface area contributed by atoms with E-state index in [9.17, 15) is 9.59 Å². The standard InChI is InChI=1S/C13H24N2O4/c1-19-9-8-15(7-6-13(17)18)10-12(16)14-11-4-2-3-5-11/h11H,2-10H2,1H3,(H,14,16)(H,17,18). The summed E-state index contributed by atoms with van der Waals surface area (Å²) in [6.07, 6.45) is 4.51. The number of methoxy groups -OCH3 is 1. The lowest BCUT2D eigenvalue weighted by Gasteiger charge is -2.21. The van der Waals surface area contributed by atoms with Crippen molar-refractivity contribution in [2.45, 2.75) is 38.1 Å². The van der Waals surface area contributed by atoms with Crippen LogP contribution in [0.2, 0.25) is 0 Å². The molecule has 0 heterocycles. The van der Waals surface area contributed by atoms with E-state index in [2.05, 4.69) is 5.32 Å². The Morgan fingerprint density at radius 3 is 2.58 bits per heavy atom. The van der Waals surface area contributed by atoms with Crippen molar-refractivity contribution >= 4 is 11.9 Å². The highest BCUT2D eigenvalue weighted by atomic mass is 16.5. The van der Waals surface area contributed by atoms with Crippen molar-refractivity contribution in [2.24, 2.45) is 0 Å². The topological polar surface area (TPSA) is 78.9 Å². The molecule has 1 fully saturated rings. The van der Waals surface area contributed by atoms with Crippen LogP contribution in [0.3, 0.4) is 0 Å². The first-order chi connectivity index (χ1) is 9.11. The average Bonchev–Trinajstić information content (AvgIpc) is 2.85. The lowest BCUT2D eigenvalue weighted by atomic mass is 10.2. The zero-order valence-corrected chi connectivity index (χ0v) is 11.6. The number of carbonyl (C=O) groups is 2. The van der Waals surface area contributed by atoms with E-state index in [-0.39, 0.29) is 18.9 Å². The van der Waals surface area contributed by atoms with E-state index in [0.717, 1.165) is 12.8 Å². The van der Waals surface area contributed by atoms with Gasteiger partial charge >= 0.3 is 5.97 Å². The first kappa shape index (κ1) is 15.9. The van der Waals surface area contributed by atoms with Crippen molar-refractivity contribution in [3.8, 4) is 0 Å². The van der Waals surface area contributed by atoms with Gasteiger partial charge in [0.05, 0.1) is 19.6 Å². The van der Waals surface area contributed by atoms with Crippen LogP contribution in [0.25, 0.3) is 0 Å². The van der Waals surface area contributed by atoms with Gasteiger partial charge in [-0.05, 0) is 12.8 Å². The Morgan fingerprint density at radius 1 is 1.32 bits per heavy atom. The SMILES string of the molecule is COCCN(CCC(=O)O)CC(=O)NC1CCCC1. The fourth-order valence-corrected chi connectivity index (χ4v) is 2.29. The smallest absolute Gasteiger partial charge is 0.304 e. The van der Waals surface area contributed by atoms with Crippen LogP contribution in [0.1, 0.15) is 32.1 Å². The molecule has 2 N–H and O–H groups in total. The van der Waals surface area contributed by atoms with Crippen LogP contribution in [-0.2, 0) is 14.3 Å². The van der Waals surface area contributed by atoms with Gasteiger partial charge in [0.15, 0.2) is 0 Å². The second-order valence-corrected chi connectivity index (χ2v) is 4.96. The zero-order chi connectivity index (χ0) is 14.1. The van der Waals surface area contributed by atoms with Crippen molar-refractivity contribution in [1.29, 1.82) is 0 Å². The summed E-state index contributed by atoms with van der Waals surface area (Å²) in [6, 6.07) is 0.302. The van der Waals surface area contributed by atoms with Crippen LogP contribution in [0.15, 0.2) is 0 Å². The van der Waals surface area contributed by atoms with Crippen LogP contribution < -0.4 is 5.32 Å². The number of nitrogens with one attached hydrogen (secondary N) is 1. The van der Waals surface area contributed by atoms with Gasteiger partial charge < -0.3 is 15.2 Å². The summed E-state index contributed by atoms with van der Waals surface area (Å²) in [4.78, 5) is 24.3. The predicted octanol–water partition coefficient (Wildman–Crippen LogP) is 0.468. The van der Waals surface area contributed by atoms with Gasteiger partial charge in [-0.3, -0.25) is 14.5 Å². The highest BCUT2D eigenvalue weighted by Crippen LogP contribution is 2.17. The Morgan fingerprint density at radius 2 is 2.00 bits per heavy atom. The highest BCUT2D eigenvalue weighted by Gasteiger charge is 2.18. The number of carboxylic acid groups (broad SMARTS) is 1. The lowest BCUT2D eigenvalue weighted by molar-refractivity contribution is -0.137. The van der Waals surface area contributed by atoms with E-state index in [1.807, 2.05) is 4.90 Å². The number of ether oxygens (including phenoxy) is 1. The summed E-state index contributed by atoms with van der Waals surface area (Å²) >= 11 is 0. The molecule has 1 aliphatic rings. The molecule has 1 aliphatic carbocycles. The van der Waals surface area contributed by atoms with Gasteiger partial charge in [0.25, 0.3) is 0 Å². The van der Waals surface area contributed by atoms with Crippen molar-refractivity contribution in [1.82, 2.24) is 10.2 Å². The van der Waals surface area contributed by atoms with Gasteiger partial charge in [0.1, 0.15) is 0 Å². The number of nitrogens with zero attached hydrogens (tertiary/aromatic N) is 1. The summed E-state index contributed by atoms with van der Waals surface area (Å²) in [7, 11) is 1.59. The van der Waals surface area contributed by atoms with Crippen molar-refractivity contribution < 1.29 is 19.4 Å². The minimum Gasteiger partial charge on any atom is -0.481 e. The van der Waals surface area contributed by atoms with E-state index in [1.165, 1.54) is 12.8 Å². The molecule has 0 aliphatic heterocycles. The van der Waals surface area contributed by atoms with E-state index in [0.29, 0.717) is 25.7 Å². The molecule has 0 radical (unpaired) electrons. The summed E-state index contributed by atoms with van der Waals surface area (Å²) in [5.41, 5.74) is 0. The summed E-state index contributed by atoms with van der Waals surface area (Å²) < 4.78 is 4.97. The van der Waals surface area contributed by atoms with Crippen LogP contribution in [0, 0.1) is 0 Å². The molecule has 19 heavy (non-hydrogen) atoms. The maximum Gasteiger partial charge on any atom is 0.304 e. The Bertz CT molecular complexity index is 290. The third-order valence-electron chi connectivity index (χ3n) is 3.34. The highest BCUT2D eigenvalue weighted by molar-refractivity contribution is 5.78. The number of carbonyl (C=O) groups excluding carboxylic acids is 1. The molecule has 1 amide bonds. The number of carboxylic acids is 1. The molecule has 0 aromatic rings. The molecule has 0 aromatic heterocycles. The van der Waals surface area contributed by atoms with E-state index in [1.54, 1.807) is 7.11 Å². The van der Waals surface area contributed by atoms with Gasteiger partial charge in [-0.15, -0.1) is 0 Å². The average molecular weight is 272 g/mol. The first-order valence-electron chi connectivity index (χ1n) is 6.84.